The molecule has 3 nitrogen and oxygen atoms in total. The van der Waals surface area contributed by atoms with Gasteiger partial charge >= 0.3 is 5.97 Å². The fourth-order valence-corrected chi connectivity index (χ4v) is 3.30. The monoisotopic (exact) mass is 300 g/mol. The van der Waals surface area contributed by atoms with Crippen LogP contribution in [-0.2, 0) is 15.6 Å². The Bertz CT molecular complexity index is 432. The van der Waals surface area contributed by atoms with Gasteiger partial charge < -0.3 is 9.16 Å². The summed E-state index contributed by atoms with van der Waals surface area (Å²) in [6, 6.07) is 3.80. The van der Waals surface area contributed by atoms with Crippen molar-refractivity contribution in [1.29, 1.82) is 0 Å². The van der Waals surface area contributed by atoms with E-state index in [0.717, 1.165) is 13.0 Å². The summed E-state index contributed by atoms with van der Waals surface area (Å²) >= 11 is 1.48. The second-order valence-electron chi connectivity index (χ2n) is 6.12. The Hall–Kier alpha value is -0.653. The highest BCUT2D eigenvalue weighted by Crippen LogP contribution is 2.36. The number of esters is 1. The highest BCUT2D eigenvalue weighted by atomic mass is 32.1. The van der Waals surface area contributed by atoms with E-state index < -0.39 is 8.32 Å². The summed E-state index contributed by atoms with van der Waals surface area (Å²) in [4.78, 5) is 13.2. The first-order valence-electron chi connectivity index (χ1n) is 6.48. The second kappa shape index (κ2) is 6.20. The van der Waals surface area contributed by atoms with Crippen LogP contribution in [0.4, 0.5) is 0 Å². The van der Waals surface area contributed by atoms with Crippen LogP contribution in [-0.4, -0.2) is 28.0 Å². The zero-order valence-electron chi connectivity index (χ0n) is 12.7. The van der Waals surface area contributed by atoms with Crippen LogP contribution in [0.5, 0.6) is 0 Å². The Labute approximate surface area is 121 Å². The third-order valence-corrected chi connectivity index (χ3v) is 9.33. The molecular formula is C14H24O3SSi. The molecule has 108 valence electrons. The highest BCUT2D eigenvalue weighted by molar-refractivity contribution is 7.13. The van der Waals surface area contributed by atoms with Gasteiger partial charge in [-0.2, -0.15) is 0 Å². The molecule has 5 heteroatoms. The van der Waals surface area contributed by atoms with Crippen LogP contribution in [0.25, 0.3) is 0 Å². The average molecular weight is 300 g/mol. The van der Waals surface area contributed by atoms with Crippen LogP contribution in [0.3, 0.4) is 0 Å². The SMILES string of the molecule is COC(=O)c1ccc(CCO[Si](C)(C)C(C)(C)C)s1. The van der Waals surface area contributed by atoms with Gasteiger partial charge in [-0.05, 0) is 30.3 Å². The summed E-state index contributed by atoms with van der Waals surface area (Å²) in [6.45, 7) is 11.9. The van der Waals surface area contributed by atoms with Gasteiger partial charge in [0.2, 0.25) is 0 Å². The van der Waals surface area contributed by atoms with E-state index in [1.807, 2.05) is 12.1 Å². The van der Waals surface area contributed by atoms with Crippen LogP contribution in [0.1, 0.15) is 35.3 Å². The number of rotatable bonds is 5. The fraction of sp³-hybridized carbons (Fsp3) is 0.643. The largest absolute Gasteiger partial charge is 0.465 e. The minimum atomic E-state index is -1.67. The molecule has 19 heavy (non-hydrogen) atoms. The van der Waals surface area contributed by atoms with Crippen molar-refractivity contribution in [3.8, 4) is 0 Å². The van der Waals surface area contributed by atoms with E-state index in [1.165, 1.54) is 23.3 Å². The summed E-state index contributed by atoms with van der Waals surface area (Å²) in [7, 11) is -0.263. The maximum atomic E-state index is 11.4. The lowest BCUT2D eigenvalue weighted by Crippen LogP contribution is -2.41. The van der Waals surface area contributed by atoms with Crippen LogP contribution in [0.2, 0.25) is 18.1 Å². The fourth-order valence-electron chi connectivity index (χ4n) is 1.35. The van der Waals surface area contributed by atoms with E-state index in [0.29, 0.717) is 4.88 Å². The molecule has 1 heterocycles. The normalized spacial score (nSPS) is 12.5. The third-order valence-electron chi connectivity index (χ3n) is 3.67. The van der Waals surface area contributed by atoms with E-state index >= 15 is 0 Å². The van der Waals surface area contributed by atoms with Crippen molar-refractivity contribution in [2.45, 2.75) is 45.3 Å². The van der Waals surface area contributed by atoms with Crippen LogP contribution < -0.4 is 0 Å². The maximum absolute atomic E-state index is 11.4. The molecule has 0 atom stereocenters. The molecule has 0 aliphatic carbocycles. The van der Waals surface area contributed by atoms with Crippen molar-refractivity contribution in [3.63, 3.8) is 0 Å². The molecule has 0 unspecified atom stereocenters. The lowest BCUT2D eigenvalue weighted by molar-refractivity contribution is 0.0606. The molecule has 0 saturated heterocycles. The molecule has 0 aliphatic heterocycles. The van der Waals surface area contributed by atoms with Crippen molar-refractivity contribution in [3.05, 3.63) is 21.9 Å². The Morgan fingerprint density at radius 1 is 1.32 bits per heavy atom. The van der Waals surface area contributed by atoms with Gasteiger partial charge in [0.05, 0.1) is 7.11 Å². The molecule has 0 aliphatic rings. The molecule has 0 N–H and O–H groups in total. The highest BCUT2D eigenvalue weighted by Gasteiger charge is 2.36. The van der Waals surface area contributed by atoms with E-state index in [9.17, 15) is 4.79 Å². The number of thiophene rings is 1. The number of carbonyl (C=O) groups excluding carboxylic acids is 1. The minimum Gasteiger partial charge on any atom is -0.465 e. The summed E-state index contributed by atoms with van der Waals surface area (Å²) in [5.41, 5.74) is 0. The zero-order valence-corrected chi connectivity index (χ0v) is 14.5. The Kier molecular flexibility index (Phi) is 5.35. The molecule has 1 aromatic heterocycles. The molecule has 0 saturated carbocycles. The van der Waals surface area contributed by atoms with Crippen molar-refractivity contribution >= 4 is 25.6 Å². The molecule has 0 amide bonds. The van der Waals surface area contributed by atoms with Crippen LogP contribution in [0.15, 0.2) is 12.1 Å². The first-order chi connectivity index (χ1) is 8.67. The third kappa shape index (κ3) is 4.44. The smallest absolute Gasteiger partial charge is 0.348 e. The summed E-state index contributed by atoms with van der Waals surface area (Å²) in [6.07, 6.45) is 0.855. The number of methoxy groups -OCH3 is 1. The summed E-state index contributed by atoms with van der Waals surface area (Å²) in [5, 5.41) is 0.236. The van der Waals surface area contributed by atoms with Crippen LogP contribution >= 0.6 is 11.3 Å². The minimum absolute atomic E-state index is 0.236. The summed E-state index contributed by atoms with van der Waals surface area (Å²) < 4.78 is 10.8. The number of hydrogen-bond acceptors (Lipinski definition) is 4. The number of hydrogen-bond donors (Lipinski definition) is 0. The Morgan fingerprint density at radius 2 is 1.95 bits per heavy atom. The molecule has 0 spiro atoms. The summed E-state index contributed by atoms with van der Waals surface area (Å²) in [5.74, 6) is -0.262. The Morgan fingerprint density at radius 3 is 2.47 bits per heavy atom. The quantitative estimate of drug-likeness (QED) is 0.606. The van der Waals surface area contributed by atoms with Gasteiger partial charge in [-0.3, -0.25) is 0 Å². The first kappa shape index (κ1) is 16.4. The maximum Gasteiger partial charge on any atom is 0.348 e. The predicted molar refractivity (Wildman–Crippen MR) is 82.5 cm³/mol. The van der Waals surface area contributed by atoms with Crippen LogP contribution in [0, 0.1) is 0 Å². The Balaban J connectivity index is 2.50. The molecule has 1 rings (SSSR count). The van der Waals surface area contributed by atoms with E-state index in [-0.39, 0.29) is 11.0 Å². The number of carbonyl (C=O) groups is 1. The van der Waals surface area contributed by atoms with Gasteiger partial charge in [0.25, 0.3) is 0 Å². The molecule has 1 aromatic rings. The van der Waals surface area contributed by atoms with E-state index in [4.69, 9.17) is 9.16 Å². The van der Waals surface area contributed by atoms with Gasteiger partial charge in [0, 0.05) is 17.9 Å². The number of ether oxygens (including phenoxy) is 1. The second-order valence-corrected chi connectivity index (χ2v) is 12.1. The molecule has 0 aromatic carbocycles. The molecular weight excluding hydrogens is 276 g/mol. The van der Waals surface area contributed by atoms with E-state index in [2.05, 4.69) is 33.9 Å². The topological polar surface area (TPSA) is 35.5 Å². The van der Waals surface area contributed by atoms with Gasteiger partial charge in [-0.15, -0.1) is 11.3 Å². The predicted octanol–water partition coefficient (Wildman–Crippen LogP) is 4.10. The van der Waals surface area contributed by atoms with Crippen molar-refractivity contribution in [2.75, 3.05) is 13.7 Å². The molecule has 0 radical (unpaired) electrons. The molecule has 0 bridgehead atoms. The van der Waals surface area contributed by atoms with E-state index in [1.54, 1.807) is 0 Å². The van der Waals surface area contributed by atoms with Gasteiger partial charge in [0.15, 0.2) is 8.32 Å². The lowest BCUT2D eigenvalue weighted by atomic mass is 10.2. The van der Waals surface area contributed by atoms with Crippen molar-refractivity contribution < 1.29 is 14.0 Å². The molecule has 0 fully saturated rings. The first-order valence-corrected chi connectivity index (χ1v) is 10.2. The standard InChI is InChI=1S/C14H24O3SSi/c1-14(2,3)19(5,6)17-10-9-11-7-8-12(18-11)13(15)16-4/h7-8H,9-10H2,1-6H3. The zero-order chi connectivity index (χ0) is 14.7. The van der Waals surface area contributed by atoms with Crippen molar-refractivity contribution in [2.24, 2.45) is 0 Å². The van der Waals surface area contributed by atoms with Gasteiger partial charge in [-0.25, -0.2) is 4.79 Å². The lowest BCUT2D eigenvalue weighted by Gasteiger charge is -2.36. The average Bonchev–Trinajstić information content (AvgIpc) is 2.75. The van der Waals surface area contributed by atoms with Gasteiger partial charge in [-0.1, -0.05) is 20.8 Å². The van der Waals surface area contributed by atoms with Crippen molar-refractivity contribution in [1.82, 2.24) is 0 Å². The van der Waals surface area contributed by atoms with Gasteiger partial charge in [0.1, 0.15) is 4.88 Å².